The van der Waals surface area contributed by atoms with Gasteiger partial charge in [0.25, 0.3) is 0 Å². The number of anilines is 2. The highest BCUT2D eigenvalue weighted by molar-refractivity contribution is 7.80. The topological polar surface area (TPSA) is 43.5 Å². The van der Waals surface area contributed by atoms with Crippen LogP contribution in [0.1, 0.15) is 38.2 Å². The van der Waals surface area contributed by atoms with Crippen molar-refractivity contribution in [3.63, 3.8) is 0 Å². The summed E-state index contributed by atoms with van der Waals surface area (Å²) in [6.07, 6.45) is 9.25. The highest BCUT2D eigenvalue weighted by Gasteiger charge is 2.28. The van der Waals surface area contributed by atoms with Crippen LogP contribution in [0.2, 0.25) is 0 Å². The lowest BCUT2D eigenvalue weighted by molar-refractivity contribution is 0.145. The molecule has 5 nitrogen and oxygen atoms in total. The Bertz CT molecular complexity index is 1120. The summed E-state index contributed by atoms with van der Waals surface area (Å²) in [6.45, 7) is 5.00. The van der Waals surface area contributed by atoms with E-state index in [4.69, 9.17) is 17.1 Å². The Balaban J connectivity index is 1.38. The summed E-state index contributed by atoms with van der Waals surface area (Å²) in [5.74, 6) is 0. The summed E-state index contributed by atoms with van der Waals surface area (Å²) in [7, 11) is 0. The smallest absolute Gasteiger partial charge is 0.202 e. The van der Waals surface area contributed by atoms with Crippen molar-refractivity contribution in [3.05, 3.63) is 66.4 Å². The summed E-state index contributed by atoms with van der Waals surface area (Å²) >= 11 is 5.73. The van der Waals surface area contributed by atoms with Gasteiger partial charge in [-0.05, 0) is 80.4 Å². The summed E-state index contributed by atoms with van der Waals surface area (Å²) in [5.41, 5.74) is 5.78. The molecule has 1 saturated heterocycles. The van der Waals surface area contributed by atoms with Gasteiger partial charge in [-0.25, -0.2) is 0 Å². The van der Waals surface area contributed by atoms with Crippen LogP contribution in [0.15, 0.2) is 60.8 Å². The molecule has 3 heterocycles. The maximum absolute atomic E-state index is 5.95. The molecule has 1 fully saturated rings. The number of hydrogen-bond donors (Lipinski definition) is 2. The Labute approximate surface area is 195 Å². The second-order valence-electron chi connectivity index (χ2n) is 8.58. The zero-order chi connectivity index (χ0) is 21.9. The van der Waals surface area contributed by atoms with Gasteiger partial charge in [0.2, 0.25) is 5.11 Å². The number of hydrogen-bond acceptors (Lipinski definition) is 3. The molecule has 0 amide bonds. The number of benzene rings is 2. The Morgan fingerprint density at radius 3 is 2.97 bits per heavy atom. The molecule has 0 bridgehead atoms. The van der Waals surface area contributed by atoms with E-state index in [-0.39, 0.29) is 0 Å². The highest BCUT2D eigenvalue weighted by atomic mass is 32.1. The van der Waals surface area contributed by atoms with Gasteiger partial charge in [0.05, 0.1) is 12.3 Å². The lowest BCUT2D eigenvalue weighted by Crippen LogP contribution is -2.35. The van der Waals surface area contributed by atoms with Gasteiger partial charge in [-0.15, -0.1) is 0 Å². The first-order chi connectivity index (χ1) is 15.7. The fraction of sp³-hybridized carbons (Fsp3) is 0.346. The number of nitrogens with zero attached hydrogens (tertiary/aromatic N) is 2. The van der Waals surface area contributed by atoms with Gasteiger partial charge in [0.1, 0.15) is 0 Å². The third kappa shape index (κ3) is 4.31. The first-order valence-corrected chi connectivity index (χ1v) is 12.0. The molecule has 0 radical (unpaired) electrons. The third-order valence-electron chi connectivity index (χ3n) is 6.41. The second-order valence-corrected chi connectivity index (χ2v) is 8.97. The van der Waals surface area contributed by atoms with Crippen LogP contribution in [0.4, 0.5) is 11.4 Å². The quantitative estimate of drug-likeness (QED) is 0.361. The van der Waals surface area contributed by atoms with Crippen molar-refractivity contribution in [1.29, 1.82) is 0 Å². The summed E-state index contributed by atoms with van der Waals surface area (Å²) in [6, 6.07) is 17.0. The average Bonchev–Trinajstić information content (AvgIpc) is 3.46. The van der Waals surface area contributed by atoms with Crippen molar-refractivity contribution >= 4 is 45.2 Å². The largest absolute Gasteiger partial charge is 0.361 e. The highest BCUT2D eigenvalue weighted by Crippen LogP contribution is 2.36. The number of fused-ring (bicyclic) bond motifs is 2. The van der Waals surface area contributed by atoms with Crippen LogP contribution < -0.4 is 10.4 Å². The fourth-order valence-corrected chi connectivity index (χ4v) is 5.06. The van der Waals surface area contributed by atoms with Crippen LogP contribution >= 0.6 is 12.2 Å². The van der Waals surface area contributed by atoms with Gasteiger partial charge in [0.15, 0.2) is 0 Å². The predicted molar refractivity (Wildman–Crippen MR) is 137 cm³/mol. The number of nitrogens with one attached hydrogen (secondary N) is 2. The Kier molecular flexibility index (Phi) is 6.26. The Morgan fingerprint density at radius 2 is 2.12 bits per heavy atom. The van der Waals surface area contributed by atoms with E-state index >= 15 is 0 Å². The molecule has 0 aliphatic carbocycles. The van der Waals surface area contributed by atoms with Crippen LogP contribution in [0.3, 0.4) is 0 Å². The van der Waals surface area contributed by atoms with E-state index in [9.17, 15) is 0 Å². The zero-order valence-corrected chi connectivity index (χ0v) is 19.3. The average molecular weight is 447 g/mol. The summed E-state index contributed by atoms with van der Waals surface area (Å²) in [5, 5.41) is 6.86. The lowest BCUT2D eigenvalue weighted by Gasteiger charge is -2.29. The van der Waals surface area contributed by atoms with Crippen LogP contribution in [0.25, 0.3) is 16.5 Å². The molecule has 2 aromatic carbocycles. The molecule has 0 spiro atoms. The minimum absolute atomic E-state index is 0.527. The molecule has 5 rings (SSSR count). The van der Waals surface area contributed by atoms with E-state index < -0.39 is 0 Å². The van der Waals surface area contributed by atoms with Crippen molar-refractivity contribution in [3.8, 4) is 0 Å². The second kappa shape index (κ2) is 9.45. The molecule has 6 heteroatoms. The monoisotopic (exact) mass is 446 g/mol. The van der Waals surface area contributed by atoms with Crippen LogP contribution in [0, 0.1) is 0 Å². The molecular weight excluding hydrogens is 416 g/mol. The number of hydroxylamine groups is 1. The van der Waals surface area contributed by atoms with E-state index in [1.165, 1.54) is 35.9 Å². The molecule has 166 valence electrons. The first kappa shape index (κ1) is 21.2. The molecule has 2 aliphatic heterocycles. The van der Waals surface area contributed by atoms with Crippen LogP contribution in [0.5, 0.6) is 0 Å². The van der Waals surface area contributed by atoms with Crippen LogP contribution in [-0.4, -0.2) is 40.7 Å². The van der Waals surface area contributed by atoms with Gasteiger partial charge in [-0.2, -0.15) is 5.06 Å². The third-order valence-corrected chi connectivity index (χ3v) is 6.67. The summed E-state index contributed by atoms with van der Waals surface area (Å²) in [4.78, 5) is 12.0. The van der Waals surface area contributed by atoms with Crippen molar-refractivity contribution in [1.82, 2.24) is 9.88 Å². The molecule has 1 aromatic heterocycles. The number of thiocarbonyl (C=S) groups is 1. The van der Waals surface area contributed by atoms with Crippen LogP contribution in [-0.2, 0) is 4.84 Å². The molecule has 3 aromatic rings. The van der Waals surface area contributed by atoms with Crippen molar-refractivity contribution in [2.45, 2.75) is 38.6 Å². The van der Waals surface area contributed by atoms with Crippen molar-refractivity contribution < 1.29 is 4.84 Å². The maximum Gasteiger partial charge on any atom is 0.202 e. The molecule has 1 unspecified atom stereocenters. The van der Waals surface area contributed by atoms with E-state index in [2.05, 4.69) is 52.6 Å². The molecule has 2 aliphatic rings. The van der Waals surface area contributed by atoms with Gasteiger partial charge in [0, 0.05) is 40.9 Å². The number of aromatic amines is 1. The molecular formula is C26H30N4OS. The lowest BCUT2D eigenvalue weighted by atomic mass is 9.94. The normalized spacial score (nSPS) is 18.4. The van der Waals surface area contributed by atoms with Gasteiger partial charge >= 0.3 is 0 Å². The fourth-order valence-electron chi connectivity index (χ4n) is 4.79. The van der Waals surface area contributed by atoms with Crippen molar-refractivity contribution in [2.24, 2.45) is 0 Å². The van der Waals surface area contributed by atoms with Crippen molar-refractivity contribution in [2.75, 3.05) is 30.1 Å². The first-order valence-electron chi connectivity index (χ1n) is 11.6. The van der Waals surface area contributed by atoms with Gasteiger partial charge in [-0.3, -0.25) is 9.74 Å². The van der Waals surface area contributed by atoms with E-state index in [1.807, 2.05) is 30.3 Å². The summed E-state index contributed by atoms with van der Waals surface area (Å²) < 4.78 is 0. The molecule has 0 saturated carbocycles. The maximum atomic E-state index is 5.95. The predicted octanol–water partition coefficient (Wildman–Crippen LogP) is 5.96. The minimum atomic E-state index is 0.527. The number of H-pyrrole nitrogens is 1. The standard InChI is InChI=1S/C26H30N4OS/c1-2-15-31-30(21-7-4-3-5-8-21)26(32)28-20-10-11-25-23(17-20)24(18-27-25)19-12-14-29-13-6-9-22(29)16-19/h3-5,7-8,10-12,17-18,22,27H,2,6,9,13-16H2,1H3,(H,28,32). The van der Waals surface area contributed by atoms with Gasteiger partial charge < -0.3 is 10.3 Å². The Hall–Kier alpha value is -2.67. The minimum Gasteiger partial charge on any atom is -0.361 e. The van der Waals surface area contributed by atoms with E-state index in [1.54, 1.807) is 5.06 Å². The number of rotatable bonds is 6. The number of para-hydroxylation sites is 1. The molecule has 1 atom stereocenters. The Morgan fingerprint density at radius 1 is 1.25 bits per heavy atom. The molecule has 2 N–H and O–H groups in total. The number of aromatic nitrogens is 1. The van der Waals surface area contributed by atoms with E-state index in [0.29, 0.717) is 17.8 Å². The van der Waals surface area contributed by atoms with E-state index in [0.717, 1.165) is 36.3 Å². The van der Waals surface area contributed by atoms with Gasteiger partial charge in [-0.1, -0.05) is 31.2 Å². The SMILES string of the molecule is CCCON(C(=S)Nc1ccc2[nH]cc(C3=CCN4CCCC4C3)c2c1)c1ccccc1. The molecule has 32 heavy (non-hydrogen) atoms. The zero-order valence-electron chi connectivity index (χ0n) is 18.5.